The van der Waals surface area contributed by atoms with Crippen LogP contribution < -0.4 is 5.32 Å². The van der Waals surface area contributed by atoms with Crippen LogP contribution in [0, 0.1) is 13.8 Å². The Bertz CT molecular complexity index is 547. The van der Waals surface area contributed by atoms with Crippen molar-refractivity contribution in [2.24, 2.45) is 0 Å². The lowest BCUT2D eigenvalue weighted by molar-refractivity contribution is 0.423. The Labute approximate surface area is 126 Å². The van der Waals surface area contributed by atoms with Crippen LogP contribution in [0.4, 0.5) is 0 Å². The Morgan fingerprint density at radius 3 is 2.65 bits per heavy atom. The molecular formula is C16H25N3S. The minimum atomic E-state index is 0.137. The van der Waals surface area contributed by atoms with Crippen LogP contribution in [-0.4, -0.2) is 15.3 Å². The van der Waals surface area contributed by atoms with Gasteiger partial charge in [-0.1, -0.05) is 0 Å². The molecule has 20 heavy (non-hydrogen) atoms. The van der Waals surface area contributed by atoms with Crippen molar-refractivity contribution in [2.45, 2.75) is 59.7 Å². The summed E-state index contributed by atoms with van der Waals surface area (Å²) in [6, 6.07) is 2.19. The predicted molar refractivity (Wildman–Crippen MR) is 86.3 cm³/mol. The fourth-order valence-corrected chi connectivity index (χ4v) is 2.93. The highest BCUT2D eigenvalue weighted by atomic mass is 32.1. The molecule has 4 heteroatoms. The molecule has 2 heterocycles. The van der Waals surface area contributed by atoms with E-state index < -0.39 is 0 Å². The largest absolute Gasteiger partial charge is 0.308 e. The summed E-state index contributed by atoms with van der Waals surface area (Å²) in [7, 11) is 0. The maximum Gasteiger partial charge on any atom is 0.0641 e. The van der Waals surface area contributed by atoms with E-state index in [1.165, 1.54) is 16.8 Å². The lowest BCUT2D eigenvalue weighted by Crippen LogP contribution is -2.35. The van der Waals surface area contributed by atoms with Crippen LogP contribution in [0.25, 0.3) is 0 Å². The lowest BCUT2D eigenvalue weighted by Gasteiger charge is -2.20. The smallest absolute Gasteiger partial charge is 0.0641 e. The van der Waals surface area contributed by atoms with E-state index in [-0.39, 0.29) is 5.54 Å². The standard InChI is InChI=1S/C16H25N3S/c1-12-15(10-17-16(3,4)5)13(2)19(18-12)8-6-14-7-9-20-11-14/h7,9,11,17H,6,8,10H2,1-5H3. The normalized spacial score (nSPS) is 12.1. The van der Waals surface area contributed by atoms with E-state index in [1.807, 2.05) is 0 Å². The third-order valence-electron chi connectivity index (χ3n) is 3.52. The molecule has 0 aliphatic rings. The van der Waals surface area contributed by atoms with Crippen LogP contribution in [0.1, 0.15) is 43.3 Å². The van der Waals surface area contributed by atoms with Crippen LogP contribution in [0.3, 0.4) is 0 Å². The molecule has 0 fully saturated rings. The number of hydrogen-bond donors (Lipinski definition) is 1. The third kappa shape index (κ3) is 3.93. The van der Waals surface area contributed by atoms with E-state index in [9.17, 15) is 0 Å². The zero-order valence-corrected chi connectivity index (χ0v) is 14.0. The van der Waals surface area contributed by atoms with Gasteiger partial charge in [-0.05, 0) is 63.4 Å². The van der Waals surface area contributed by atoms with Gasteiger partial charge in [0.15, 0.2) is 0 Å². The first-order chi connectivity index (χ1) is 9.37. The number of nitrogens with zero attached hydrogens (tertiary/aromatic N) is 2. The van der Waals surface area contributed by atoms with Gasteiger partial charge in [-0.3, -0.25) is 4.68 Å². The van der Waals surface area contributed by atoms with Crippen LogP contribution in [0.5, 0.6) is 0 Å². The molecule has 0 bridgehead atoms. The molecule has 2 rings (SSSR count). The zero-order chi connectivity index (χ0) is 14.8. The van der Waals surface area contributed by atoms with Gasteiger partial charge in [0.05, 0.1) is 5.69 Å². The maximum atomic E-state index is 4.69. The number of hydrogen-bond acceptors (Lipinski definition) is 3. The van der Waals surface area contributed by atoms with Gasteiger partial charge in [-0.15, -0.1) is 0 Å². The van der Waals surface area contributed by atoms with Gasteiger partial charge in [-0.2, -0.15) is 16.4 Å². The van der Waals surface area contributed by atoms with Crippen molar-refractivity contribution in [1.82, 2.24) is 15.1 Å². The van der Waals surface area contributed by atoms with Crippen molar-refractivity contribution in [1.29, 1.82) is 0 Å². The van der Waals surface area contributed by atoms with Gasteiger partial charge in [-0.25, -0.2) is 0 Å². The number of aromatic nitrogens is 2. The minimum Gasteiger partial charge on any atom is -0.308 e. The first kappa shape index (κ1) is 15.3. The molecule has 3 nitrogen and oxygen atoms in total. The highest BCUT2D eigenvalue weighted by molar-refractivity contribution is 7.07. The first-order valence-electron chi connectivity index (χ1n) is 7.16. The number of thiophene rings is 1. The van der Waals surface area contributed by atoms with Gasteiger partial charge < -0.3 is 5.32 Å². The Balaban J connectivity index is 2.04. The molecule has 0 atom stereocenters. The summed E-state index contributed by atoms with van der Waals surface area (Å²) >= 11 is 1.76. The molecule has 110 valence electrons. The fraction of sp³-hybridized carbons (Fsp3) is 0.562. The summed E-state index contributed by atoms with van der Waals surface area (Å²) in [5.74, 6) is 0. The predicted octanol–water partition coefficient (Wildman–Crippen LogP) is 3.69. The van der Waals surface area contributed by atoms with E-state index >= 15 is 0 Å². The number of aryl methyl sites for hydroxylation is 3. The van der Waals surface area contributed by atoms with Crippen molar-refractivity contribution < 1.29 is 0 Å². The molecule has 0 amide bonds. The Kier molecular flexibility index (Phi) is 4.66. The lowest BCUT2D eigenvalue weighted by atomic mass is 10.1. The third-order valence-corrected chi connectivity index (χ3v) is 4.25. The molecule has 0 spiro atoms. The van der Waals surface area contributed by atoms with E-state index in [1.54, 1.807) is 11.3 Å². The molecule has 0 unspecified atom stereocenters. The van der Waals surface area contributed by atoms with Gasteiger partial charge in [0.1, 0.15) is 0 Å². The minimum absolute atomic E-state index is 0.137. The number of nitrogens with one attached hydrogen (secondary N) is 1. The van der Waals surface area contributed by atoms with E-state index in [2.05, 4.69) is 61.4 Å². The van der Waals surface area contributed by atoms with Crippen LogP contribution >= 0.6 is 11.3 Å². The van der Waals surface area contributed by atoms with Gasteiger partial charge in [0, 0.05) is 29.9 Å². The maximum absolute atomic E-state index is 4.69. The molecule has 0 radical (unpaired) electrons. The molecule has 0 aliphatic carbocycles. The van der Waals surface area contributed by atoms with Crippen molar-refractivity contribution in [3.63, 3.8) is 0 Å². The summed E-state index contributed by atoms with van der Waals surface area (Å²) < 4.78 is 2.15. The summed E-state index contributed by atoms with van der Waals surface area (Å²) in [6.07, 6.45) is 1.05. The SMILES string of the molecule is Cc1nn(CCc2ccsc2)c(C)c1CNC(C)(C)C. The van der Waals surface area contributed by atoms with Crippen molar-refractivity contribution in [3.8, 4) is 0 Å². The highest BCUT2D eigenvalue weighted by Gasteiger charge is 2.15. The zero-order valence-electron chi connectivity index (χ0n) is 13.2. The summed E-state index contributed by atoms with van der Waals surface area (Å²) in [5.41, 5.74) is 5.30. The van der Waals surface area contributed by atoms with E-state index in [4.69, 9.17) is 5.10 Å². The molecule has 0 saturated carbocycles. The molecule has 1 N–H and O–H groups in total. The van der Waals surface area contributed by atoms with Crippen LogP contribution in [0.15, 0.2) is 16.8 Å². The summed E-state index contributed by atoms with van der Waals surface area (Å²) in [6.45, 7) is 12.7. The van der Waals surface area contributed by atoms with Gasteiger partial charge in [0.2, 0.25) is 0 Å². The van der Waals surface area contributed by atoms with Crippen LogP contribution in [-0.2, 0) is 19.5 Å². The van der Waals surface area contributed by atoms with E-state index in [0.717, 1.165) is 25.2 Å². The van der Waals surface area contributed by atoms with Crippen molar-refractivity contribution in [3.05, 3.63) is 39.3 Å². The molecule has 2 aromatic heterocycles. The van der Waals surface area contributed by atoms with E-state index in [0.29, 0.717) is 0 Å². The average Bonchev–Trinajstić information content (AvgIpc) is 2.93. The average molecular weight is 291 g/mol. The van der Waals surface area contributed by atoms with Crippen molar-refractivity contribution >= 4 is 11.3 Å². The Hall–Kier alpha value is -1.13. The molecule has 0 aromatic carbocycles. The molecule has 2 aromatic rings. The Morgan fingerprint density at radius 2 is 2.05 bits per heavy atom. The molecular weight excluding hydrogens is 266 g/mol. The summed E-state index contributed by atoms with van der Waals surface area (Å²) in [4.78, 5) is 0. The van der Waals surface area contributed by atoms with Crippen molar-refractivity contribution in [2.75, 3.05) is 0 Å². The monoisotopic (exact) mass is 291 g/mol. The van der Waals surface area contributed by atoms with Crippen LogP contribution in [0.2, 0.25) is 0 Å². The summed E-state index contributed by atoms with van der Waals surface area (Å²) in [5, 5.41) is 12.6. The second-order valence-electron chi connectivity index (χ2n) is 6.36. The first-order valence-corrected chi connectivity index (χ1v) is 8.10. The fourth-order valence-electron chi connectivity index (χ4n) is 2.23. The number of rotatable bonds is 5. The van der Waals surface area contributed by atoms with Gasteiger partial charge >= 0.3 is 0 Å². The van der Waals surface area contributed by atoms with Gasteiger partial charge in [0.25, 0.3) is 0 Å². The quantitative estimate of drug-likeness (QED) is 0.910. The second-order valence-corrected chi connectivity index (χ2v) is 7.14. The Morgan fingerprint density at radius 1 is 1.30 bits per heavy atom. The highest BCUT2D eigenvalue weighted by Crippen LogP contribution is 2.15. The molecule has 0 saturated heterocycles. The topological polar surface area (TPSA) is 29.9 Å². The second kappa shape index (κ2) is 6.10. The molecule has 0 aliphatic heterocycles.